The molecule has 0 saturated carbocycles. The molecule has 0 spiro atoms. The second kappa shape index (κ2) is 4.09. The van der Waals surface area contributed by atoms with Crippen LogP contribution in [0.2, 0.25) is 0 Å². The van der Waals surface area contributed by atoms with E-state index >= 15 is 0 Å². The van der Waals surface area contributed by atoms with Crippen LogP contribution in [0.25, 0.3) is 0 Å². The molecule has 0 bridgehead atoms. The molecule has 2 atom stereocenters. The lowest BCUT2D eigenvalue weighted by Gasteiger charge is -2.45. The average Bonchev–Trinajstić information content (AvgIpc) is 2.28. The Bertz CT molecular complexity index is 509. The molecule has 1 fully saturated rings. The highest BCUT2D eigenvalue weighted by Gasteiger charge is 2.41. The Kier molecular flexibility index (Phi) is 2.77. The standard InChI is InChI=1S/C15H18BrNO/c1-15(2)8-13-11(5-6-14(18)17-13)10-4-3-9(16)7-12(10)15/h3-4,7,11,13H,5-6,8H2,1-2H3,(H,17,18). The summed E-state index contributed by atoms with van der Waals surface area (Å²) in [6, 6.07) is 6.92. The number of benzene rings is 1. The molecule has 1 aromatic carbocycles. The number of hydrogen-bond donors (Lipinski definition) is 1. The second-order valence-electron chi connectivity index (χ2n) is 6.14. The molecular formula is C15H18BrNO. The maximum Gasteiger partial charge on any atom is 0.220 e. The van der Waals surface area contributed by atoms with Gasteiger partial charge in [-0.15, -0.1) is 0 Å². The number of rotatable bonds is 0. The summed E-state index contributed by atoms with van der Waals surface area (Å²) in [7, 11) is 0. The first kappa shape index (κ1) is 12.2. The van der Waals surface area contributed by atoms with Gasteiger partial charge in [-0.05, 0) is 41.5 Å². The molecule has 1 heterocycles. The first-order valence-electron chi connectivity index (χ1n) is 6.57. The van der Waals surface area contributed by atoms with Crippen molar-refractivity contribution in [3.63, 3.8) is 0 Å². The molecule has 1 N–H and O–H groups in total. The van der Waals surface area contributed by atoms with Gasteiger partial charge in [0.05, 0.1) is 0 Å². The predicted molar refractivity (Wildman–Crippen MR) is 75.7 cm³/mol. The van der Waals surface area contributed by atoms with E-state index < -0.39 is 0 Å². The smallest absolute Gasteiger partial charge is 0.220 e. The van der Waals surface area contributed by atoms with Crippen LogP contribution in [0.5, 0.6) is 0 Å². The zero-order valence-electron chi connectivity index (χ0n) is 10.8. The van der Waals surface area contributed by atoms with Gasteiger partial charge in [0.1, 0.15) is 0 Å². The molecular weight excluding hydrogens is 290 g/mol. The Balaban J connectivity index is 2.09. The van der Waals surface area contributed by atoms with E-state index in [2.05, 4.69) is 53.3 Å². The highest BCUT2D eigenvalue weighted by atomic mass is 79.9. The highest BCUT2D eigenvalue weighted by Crippen LogP contribution is 2.46. The maximum atomic E-state index is 11.6. The summed E-state index contributed by atoms with van der Waals surface area (Å²) in [6.45, 7) is 4.55. The van der Waals surface area contributed by atoms with E-state index in [0.29, 0.717) is 18.4 Å². The van der Waals surface area contributed by atoms with Crippen molar-refractivity contribution < 1.29 is 4.79 Å². The van der Waals surface area contributed by atoms with Crippen LogP contribution in [-0.4, -0.2) is 11.9 Å². The molecule has 3 heteroatoms. The largest absolute Gasteiger partial charge is 0.353 e. The lowest BCUT2D eigenvalue weighted by Crippen LogP contribution is -2.49. The van der Waals surface area contributed by atoms with Gasteiger partial charge in [0, 0.05) is 22.9 Å². The Morgan fingerprint density at radius 2 is 2.17 bits per heavy atom. The molecule has 1 aliphatic heterocycles. The SMILES string of the molecule is CC1(C)CC2NC(=O)CCC2c2ccc(Br)cc21. The summed E-state index contributed by atoms with van der Waals surface area (Å²) in [5.74, 6) is 0.714. The topological polar surface area (TPSA) is 29.1 Å². The number of amides is 1. The van der Waals surface area contributed by atoms with Crippen molar-refractivity contribution in [1.29, 1.82) is 0 Å². The van der Waals surface area contributed by atoms with E-state index in [1.807, 2.05) is 0 Å². The summed E-state index contributed by atoms with van der Waals surface area (Å²) < 4.78 is 1.15. The highest BCUT2D eigenvalue weighted by molar-refractivity contribution is 9.10. The summed E-state index contributed by atoms with van der Waals surface area (Å²) in [5, 5.41) is 3.18. The Hall–Kier alpha value is -0.830. The van der Waals surface area contributed by atoms with E-state index in [0.717, 1.165) is 17.3 Å². The van der Waals surface area contributed by atoms with Gasteiger partial charge in [-0.25, -0.2) is 0 Å². The average molecular weight is 308 g/mol. The van der Waals surface area contributed by atoms with Crippen LogP contribution >= 0.6 is 15.9 Å². The van der Waals surface area contributed by atoms with Gasteiger partial charge < -0.3 is 5.32 Å². The number of carbonyl (C=O) groups is 1. The van der Waals surface area contributed by atoms with Crippen molar-refractivity contribution in [2.45, 2.75) is 50.5 Å². The second-order valence-corrected chi connectivity index (χ2v) is 7.05. The predicted octanol–water partition coefficient (Wildman–Crippen LogP) is 3.49. The fourth-order valence-corrected chi connectivity index (χ4v) is 3.89. The van der Waals surface area contributed by atoms with E-state index in [1.54, 1.807) is 0 Å². The van der Waals surface area contributed by atoms with Gasteiger partial charge in [0.25, 0.3) is 0 Å². The van der Waals surface area contributed by atoms with E-state index in [1.165, 1.54) is 11.1 Å². The molecule has 1 aliphatic carbocycles. The fraction of sp³-hybridized carbons (Fsp3) is 0.533. The van der Waals surface area contributed by atoms with Crippen LogP contribution in [0.3, 0.4) is 0 Å². The lowest BCUT2D eigenvalue weighted by molar-refractivity contribution is -0.124. The molecule has 1 saturated heterocycles. The number of nitrogens with one attached hydrogen (secondary N) is 1. The van der Waals surface area contributed by atoms with Crippen molar-refractivity contribution in [2.24, 2.45) is 0 Å². The zero-order chi connectivity index (χ0) is 12.9. The lowest BCUT2D eigenvalue weighted by atomic mass is 9.64. The van der Waals surface area contributed by atoms with Gasteiger partial charge in [0.2, 0.25) is 5.91 Å². The van der Waals surface area contributed by atoms with Gasteiger partial charge in [-0.2, -0.15) is 0 Å². The zero-order valence-corrected chi connectivity index (χ0v) is 12.4. The molecule has 0 aromatic heterocycles. The number of piperidine rings is 1. The molecule has 2 aliphatic rings. The third-order valence-corrected chi connectivity index (χ3v) is 4.88. The van der Waals surface area contributed by atoms with Gasteiger partial charge >= 0.3 is 0 Å². The number of halogens is 1. The number of fused-ring (bicyclic) bond motifs is 3. The van der Waals surface area contributed by atoms with Gasteiger partial charge in [-0.1, -0.05) is 35.8 Å². The summed E-state index contributed by atoms with van der Waals surface area (Å²) in [5.41, 5.74) is 3.00. The van der Waals surface area contributed by atoms with E-state index in [4.69, 9.17) is 0 Å². The van der Waals surface area contributed by atoms with Crippen molar-refractivity contribution >= 4 is 21.8 Å². The van der Waals surface area contributed by atoms with Crippen LogP contribution in [0, 0.1) is 0 Å². The summed E-state index contributed by atoms with van der Waals surface area (Å²) >= 11 is 3.57. The first-order chi connectivity index (χ1) is 8.47. The monoisotopic (exact) mass is 307 g/mol. The van der Waals surface area contributed by atoms with Gasteiger partial charge in [-0.3, -0.25) is 4.79 Å². The summed E-state index contributed by atoms with van der Waals surface area (Å²) in [6.07, 6.45) is 2.69. The molecule has 1 aromatic rings. The first-order valence-corrected chi connectivity index (χ1v) is 7.36. The van der Waals surface area contributed by atoms with E-state index in [9.17, 15) is 4.79 Å². The molecule has 18 heavy (non-hydrogen) atoms. The Morgan fingerprint density at radius 3 is 2.94 bits per heavy atom. The quantitative estimate of drug-likeness (QED) is 0.781. The third kappa shape index (κ3) is 1.89. The normalized spacial score (nSPS) is 29.2. The van der Waals surface area contributed by atoms with Crippen LogP contribution in [0.4, 0.5) is 0 Å². The minimum Gasteiger partial charge on any atom is -0.353 e. The molecule has 2 unspecified atom stereocenters. The van der Waals surface area contributed by atoms with Crippen molar-refractivity contribution in [3.05, 3.63) is 33.8 Å². The number of carbonyl (C=O) groups excluding carboxylic acids is 1. The maximum absolute atomic E-state index is 11.6. The molecule has 3 rings (SSSR count). The minimum absolute atomic E-state index is 0.130. The minimum atomic E-state index is 0.130. The van der Waals surface area contributed by atoms with Crippen LogP contribution in [0.1, 0.15) is 50.2 Å². The van der Waals surface area contributed by atoms with Crippen molar-refractivity contribution in [3.8, 4) is 0 Å². The van der Waals surface area contributed by atoms with E-state index in [-0.39, 0.29) is 11.3 Å². The summed E-state index contributed by atoms with van der Waals surface area (Å²) in [4.78, 5) is 11.6. The fourth-order valence-electron chi connectivity index (χ4n) is 3.53. The van der Waals surface area contributed by atoms with Crippen LogP contribution in [0.15, 0.2) is 22.7 Å². The molecule has 2 nitrogen and oxygen atoms in total. The van der Waals surface area contributed by atoms with Crippen LogP contribution < -0.4 is 5.32 Å². The number of hydrogen-bond acceptors (Lipinski definition) is 1. The Labute approximate surface area is 116 Å². The van der Waals surface area contributed by atoms with Gasteiger partial charge in [0.15, 0.2) is 0 Å². The third-order valence-electron chi connectivity index (χ3n) is 4.39. The molecule has 0 radical (unpaired) electrons. The van der Waals surface area contributed by atoms with Crippen molar-refractivity contribution in [2.75, 3.05) is 0 Å². The van der Waals surface area contributed by atoms with Crippen molar-refractivity contribution in [1.82, 2.24) is 5.32 Å². The molecule has 96 valence electrons. The Morgan fingerprint density at radius 1 is 1.39 bits per heavy atom. The van der Waals surface area contributed by atoms with Crippen LogP contribution in [-0.2, 0) is 10.2 Å². The molecule has 1 amide bonds.